The van der Waals surface area contributed by atoms with Crippen LogP contribution in [0.4, 0.5) is 0 Å². The van der Waals surface area contributed by atoms with E-state index < -0.39 is 30.1 Å². The summed E-state index contributed by atoms with van der Waals surface area (Å²) in [6.45, 7) is 11.4. The first-order chi connectivity index (χ1) is 10.0. The lowest BCUT2D eigenvalue weighted by molar-refractivity contribution is -0.126. The molecule has 6 heteroatoms. The highest BCUT2D eigenvalue weighted by Crippen LogP contribution is 2.38. The maximum absolute atomic E-state index is 12.1. The van der Waals surface area contributed by atoms with Gasteiger partial charge in [-0.25, -0.2) is 4.79 Å². The molecule has 1 fully saturated rings. The molecule has 2 heterocycles. The molecule has 118 valence electrons. The number of esters is 1. The second kappa shape index (κ2) is 4.49. The first-order valence-corrected chi connectivity index (χ1v) is 7.43. The topological polar surface area (TPSA) is 54.0 Å². The van der Waals surface area contributed by atoms with Crippen LogP contribution in [0.15, 0.2) is 18.2 Å². The largest absolute Gasteiger partial charge is 0.498 e. The van der Waals surface area contributed by atoms with Crippen molar-refractivity contribution in [3.05, 3.63) is 23.8 Å². The van der Waals surface area contributed by atoms with Gasteiger partial charge in [0.15, 0.2) is 0 Å². The number of benzene rings is 1. The summed E-state index contributed by atoms with van der Waals surface area (Å²) < 4.78 is 23.3. The Kier molecular flexibility index (Phi) is 3.14. The highest BCUT2D eigenvalue weighted by molar-refractivity contribution is 6.63. The maximum atomic E-state index is 12.1. The monoisotopic (exact) mass is 304 g/mol. The zero-order chi connectivity index (χ0) is 16.3. The predicted molar refractivity (Wildman–Crippen MR) is 82.3 cm³/mol. The lowest BCUT2D eigenvalue weighted by Gasteiger charge is -2.33. The number of hydrogen-bond acceptors (Lipinski definition) is 5. The summed E-state index contributed by atoms with van der Waals surface area (Å²) in [7, 11) is -0.582. The van der Waals surface area contributed by atoms with E-state index in [1.807, 2.05) is 33.8 Å². The van der Waals surface area contributed by atoms with Gasteiger partial charge in [0.2, 0.25) is 5.79 Å². The molecule has 1 aromatic rings. The summed E-state index contributed by atoms with van der Waals surface area (Å²) >= 11 is 0. The van der Waals surface area contributed by atoms with E-state index in [4.69, 9.17) is 18.8 Å². The molecule has 0 radical (unpaired) electrons. The Morgan fingerprint density at radius 3 is 2.09 bits per heavy atom. The molecule has 0 saturated carbocycles. The summed E-state index contributed by atoms with van der Waals surface area (Å²) in [6.07, 6.45) is 0. The van der Waals surface area contributed by atoms with Gasteiger partial charge in [-0.15, -0.1) is 0 Å². The van der Waals surface area contributed by atoms with Crippen LogP contribution in [0.25, 0.3) is 0 Å². The van der Waals surface area contributed by atoms with Gasteiger partial charge in [-0.2, -0.15) is 0 Å². The molecular formula is C16H21BO5. The number of rotatable bonds is 1. The third-order valence-electron chi connectivity index (χ3n) is 4.46. The molecule has 0 spiro atoms. The maximum Gasteiger partial charge on any atom is 0.498 e. The van der Waals surface area contributed by atoms with Crippen LogP contribution in [-0.4, -0.2) is 30.1 Å². The van der Waals surface area contributed by atoms with Gasteiger partial charge in [-0.3, -0.25) is 0 Å². The summed E-state index contributed by atoms with van der Waals surface area (Å²) in [5.74, 6) is -0.934. The van der Waals surface area contributed by atoms with Gasteiger partial charge in [-0.05, 0) is 33.8 Å². The Bertz CT molecular complexity index is 619. The van der Waals surface area contributed by atoms with Gasteiger partial charge in [0.1, 0.15) is 11.3 Å². The number of hydrogen-bond donors (Lipinski definition) is 0. The zero-order valence-corrected chi connectivity index (χ0v) is 13.9. The van der Waals surface area contributed by atoms with E-state index in [1.165, 1.54) is 0 Å². The third kappa shape index (κ3) is 2.30. The predicted octanol–water partition coefficient (Wildman–Crippen LogP) is 2.27. The van der Waals surface area contributed by atoms with E-state index in [2.05, 4.69) is 0 Å². The van der Waals surface area contributed by atoms with Gasteiger partial charge < -0.3 is 18.8 Å². The van der Waals surface area contributed by atoms with Crippen molar-refractivity contribution < 1.29 is 23.6 Å². The van der Waals surface area contributed by atoms with Gasteiger partial charge in [0.05, 0.1) is 11.2 Å². The minimum absolute atomic E-state index is 0.395. The average Bonchev–Trinajstić information content (AvgIpc) is 2.56. The molecule has 22 heavy (non-hydrogen) atoms. The minimum Gasteiger partial charge on any atom is -0.452 e. The van der Waals surface area contributed by atoms with Crippen molar-refractivity contribution in [2.24, 2.45) is 0 Å². The lowest BCUT2D eigenvalue weighted by atomic mass is 9.77. The molecule has 5 nitrogen and oxygen atoms in total. The Balaban J connectivity index is 2.04. The van der Waals surface area contributed by atoms with Crippen molar-refractivity contribution >= 4 is 18.6 Å². The van der Waals surface area contributed by atoms with Crippen LogP contribution in [0, 0.1) is 0 Å². The molecule has 2 aliphatic rings. The van der Waals surface area contributed by atoms with Gasteiger partial charge >= 0.3 is 13.1 Å². The van der Waals surface area contributed by atoms with E-state index in [1.54, 1.807) is 26.0 Å². The van der Waals surface area contributed by atoms with E-state index >= 15 is 0 Å². The summed E-state index contributed by atoms with van der Waals surface area (Å²) in [6, 6.07) is 5.32. The summed E-state index contributed by atoms with van der Waals surface area (Å²) in [5, 5.41) is 0. The minimum atomic E-state index is -1.01. The van der Waals surface area contributed by atoms with E-state index in [0.29, 0.717) is 16.8 Å². The van der Waals surface area contributed by atoms with Crippen molar-refractivity contribution in [3.8, 4) is 5.75 Å². The van der Waals surface area contributed by atoms with Gasteiger partial charge in [0.25, 0.3) is 0 Å². The normalized spacial score (nSPS) is 24.5. The Morgan fingerprint density at radius 2 is 1.50 bits per heavy atom. The fourth-order valence-electron chi connectivity index (χ4n) is 2.53. The Labute approximate surface area is 131 Å². The van der Waals surface area contributed by atoms with Crippen LogP contribution >= 0.6 is 0 Å². The van der Waals surface area contributed by atoms with E-state index in [0.717, 1.165) is 0 Å². The van der Waals surface area contributed by atoms with Crippen molar-refractivity contribution in [2.75, 3.05) is 0 Å². The highest BCUT2D eigenvalue weighted by atomic mass is 16.7. The number of ether oxygens (including phenoxy) is 2. The first-order valence-electron chi connectivity index (χ1n) is 7.43. The van der Waals surface area contributed by atoms with Crippen LogP contribution in [-0.2, 0) is 14.0 Å². The van der Waals surface area contributed by atoms with Crippen molar-refractivity contribution in [1.82, 2.24) is 0 Å². The summed E-state index contributed by atoms with van der Waals surface area (Å²) in [5.41, 5.74) is 0.198. The molecule has 2 aliphatic heterocycles. The molecule has 0 N–H and O–H groups in total. The number of fused-ring (bicyclic) bond motifs is 1. The number of carbonyl (C=O) groups is 1. The molecule has 0 aliphatic carbocycles. The second-order valence-electron chi connectivity index (χ2n) is 7.20. The molecule has 0 unspecified atom stereocenters. The number of carbonyl (C=O) groups excluding carboxylic acids is 1. The molecular weight excluding hydrogens is 283 g/mol. The Hall–Kier alpha value is -1.53. The van der Waals surface area contributed by atoms with Crippen molar-refractivity contribution in [1.29, 1.82) is 0 Å². The van der Waals surface area contributed by atoms with Crippen molar-refractivity contribution in [2.45, 2.75) is 58.5 Å². The van der Waals surface area contributed by atoms with Crippen LogP contribution in [0.5, 0.6) is 5.75 Å². The molecule has 3 rings (SSSR count). The summed E-state index contributed by atoms with van der Waals surface area (Å²) in [4.78, 5) is 12.1. The van der Waals surface area contributed by atoms with Gasteiger partial charge in [-0.1, -0.05) is 12.1 Å². The molecule has 1 aromatic carbocycles. The van der Waals surface area contributed by atoms with E-state index in [-0.39, 0.29) is 0 Å². The zero-order valence-electron chi connectivity index (χ0n) is 13.9. The standard InChI is InChI=1S/C16H21BO5/c1-14(2)15(3,4)22-17(21-14)11-9-7-8-10-12(11)19-16(5,6)20-13(10)18/h7-9H,1-6H3. The fourth-order valence-corrected chi connectivity index (χ4v) is 2.53. The van der Waals surface area contributed by atoms with E-state index in [9.17, 15) is 4.79 Å². The van der Waals surface area contributed by atoms with Crippen LogP contribution in [0.1, 0.15) is 51.9 Å². The fraction of sp³-hybridized carbons (Fsp3) is 0.562. The Morgan fingerprint density at radius 1 is 0.909 bits per heavy atom. The number of para-hydroxylation sites is 1. The quantitative estimate of drug-likeness (QED) is 0.588. The molecule has 0 aromatic heterocycles. The van der Waals surface area contributed by atoms with Gasteiger partial charge in [0, 0.05) is 19.3 Å². The van der Waals surface area contributed by atoms with Crippen LogP contribution in [0.3, 0.4) is 0 Å². The smallest absolute Gasteiger partial charge is 0.452 e. The molecule has 1 saturated heterocycles. The highest BCUT2D eigenvalue weighted by Gasteiger charge is 2.53. The SMILES string of the molecule is CC1(C)OC(=O)c2cccc(B3OC(C)(C)C(C)(C)O3)c2O1. The number of cyclic esters (lactones) is 1. The molecule has 0 atom stereocenters. The van der Waals surface area contributed by atoms with Crippen LogP contribution < -0.4 is 10.2 Å². The van der Waals surface area contributed by atoms with Crippen LogP contribution in [0.2, 0.25) is 0 Å². The lowest BCUT2D eigenvalue weighted by Crippen LogP contribution is -2.44. The first kappa shape index (κ1) is 15.4. The molecule has 0 amide bonds. The average molecular weight is 304 g/mol. The molecule has 0 bridgehead atoms. The van der Waals surface area contributed by atoms with Crippen molar-refractivity contribution in [3.63, 3.8) is 0 Å². The third-order valence-corrected chi connectivity index (χ3v) is 4.46. The second-order valence-corrected chi connectivity index (χ2v) is 7.20.